The number of aromatic nitrogens is 1. The topological polar surface area (TPSA) is 61.1 Å². The molecule has 0 saturated carbocycles. The molecule has 0 radical (unpaired) electrons. The number of hydrogen-bond donors (Lipinski definition) is 1. The molecular formula is C11H12ClF3N2O2S2. The van der Waals surface area contributed by atoms with Crippen LogP contribution in [0.15, 0.2) is 18.2 Å². The Morgan fingerprint density at radius 3 is 2.67 bits per heavy atom. The zero-order chi connectivity index (χ0) is 14.9. The number of rotatable bonds is 4. The van der Waals surface area contributed by atoms with Crippen molar-refractivity contribution in [1.29, 1.82) is 5.41 Å². The summed E-state index contributed by atoms with van der Waals surface area (Å²) in [6.07, 6.45) is -3.17. The van der Waals surface area contributed by atoms with Crippen molar-refractivity contribution in [3.05, 3.63) is 23.0 Å². The van der Waals surface area contributed by atoms with Crippen molar-refractivity contribution in [3.8, 4) is 5.75 Å². The van der Waals surface area contributed by atoms with Gasteiger partial charge in [0, 0.05) is 0 Å². The fraction of sp³-hybridized carbons (Fsp3) is 0.364. The quantitative estimate of drug-likeness (QED) is 0.852. The molecule has 10 heteroatoms. The van der Waals surface area contributed by atoms with E-state index in [-0.39, 0.29) is 23.0 Å². The number of fused-ring (bicyclic) bond motifs is 1. The lowest BCUT2D eigenvalue weighted by molar-refractivity contribution is -0.274. The Bertz CT molecular complexity index is 670. The highest BCUT2D eigenvalue weighted by Crippen LogP contribution is 2.27. The van der Waals surface area contributed by atoms with E-state index in [1.54, 1.807) is 10.8 Å². The van der Waals surface area contributed by atoms with Crippen LogP contribution in [0.1, 0.15) is 0 Å². The zero-order valence-electron chi connectivity index (χ0n) is 10.8. The second-order valence-electron chi connectivity index (χ2n) is 4.01. The lowest BCUT2D eigenvalue weighted by Gasteiger charge is -2.09. The van der Waals surface area contributed by atoms with Crippen LogP contribution in [0.5, 0.6) is 5.75 Å². The average Bonchev–Trinajstić information content (AvgIpc) is 2.59. The molecule has 1 unspecified atom stereocenters. The first-order valence-corrected chi connectivity index (χ1v) is 8.04. The van der Waals surface area contributed by atoms with E-state index < -0.39 is 17.5 Å². The number of hydrogen-bond acceptors (Lipinski definition) is 4. The number of nitrogens with one attached hydrogen (secondary N) is 1. The predicted octanol–water partition coefficient (Wildman–Crippen LogP) is 2.88. The van der Waals surface area contributed by atoms with E-state index in [9.17, 15) is 17.7 Å². The maximum atomic E-state index is 12.1. The molecule has 0 amide bonds. The van der Waals surface area contributed by atoms with E-state index in [2.05, 4.69) is 4.74 Å². The van der Waals surface area contributed by atoms with Crippen molar-refractivity contribution in [3.63, 3.8) is 0 Å². The van der Waals surface area contributed by atoms with Gasteiger partial charge in [0.05, 0.1) is 23.0 Å². The summed E-state index contributed by atoms with van der Waals surface area (Å²) >= 11 is 0.0618. The van der Waals surface area contributed by atoms with Crippen LogP contribution in [-0.2, 0) is 17.7 Å². The van der Waals surface area contributed by atoms with E-state index >= 15 is 0 Å². The zero-order valence-corrected chi connectivity index (χ0v) is 13.2. The van der Waals surface area contributed by atoms with E-state index in [1.807, 2.05) is 0 Å². The summed E-state index contributed by atoms with van der Waals surface area (Å²) in [4.78, 5) is 0.203. The summed E-state index contributed by atoms with van der Waals surface area (Å²) in [6.45, 7) is 0.390. The number of aryl methyl sites for hydroxylation is 1. The first kappa shape index (κ1) is 18.1. The Morgan fingerprint density at radius 2 is 2.10 bits per heavy atom. The normalized spacial score (nSPS) is 13.0. The van der Waals surface area contributed by atoms with Crippen molar-refractivity contribution in [2.45, 2.75) is 12.9 Å². The van der Waals surface area contributed by atoms with Crippen LogP contribution in [0, 0.1) is 5.41 Å². The minimum absolute atomic E-state index is 0. The molecule has 1 aromatic heterocycles. The van der Waals surface area contributed by atoms with Gasteiger partial charge in [0.2, 0.25) is 0 Å². The molecule has 1 N–H and O–H groups in total. The third-order valence-corrected chi connectivity index (χ3v) is 4.23. The highest BCUT2D eigenvalue weighted by molar-refractivity contribution is 7.90. The molecule has 0 spiro atoms. The molecule has 2 rings (SSSR count). The van der Waals surface area contributed by atoms with Gasteiger partial charge in [-0.25, -0.2) is 0 Å². The van der Waals surface area contributed by atoms with Crippen molar-refractivity contribution < 1.29 is 22.5 Å². The first-order chi connectivity index (χ1) is 9.26. The molecule has 0 aliphatic carbocycles. The van der Waals surface area contributed by atoms with E-state index in [0.717, 1.165) is 11.3 Å². The minimum Gasteiger partial charge on any atom is -0.617 e. The number of alkyl halides is 3. The molecule has 1 aromatic carbocycles. The molecule has 0 bridgehead atoms. The average molecular weight is 361 g/mol. The lowest BCUT2D eigenvalue weighted by Crippen LogP contribution is -2.19. The van der Waals surface area contributed by atoms with Gasteiger partial charge in [0.1, 0.15) is 11.5 Å². The largest absolute Gasteiger partial charge is 0.617 e. The maximum Gasteiger partial charge on any atom is 0.573 e. The molecule has 21 heavy (non-hydrogen) atoms. The van der Waals surface area contributed by atoms with Crippen molar-refractivity contribution in [2.24, 2.45) is 0 Å². The third-order valence-electron chi connectivity index (χ3n) is 2.51. The molecule has 0 aliphatic rings. The molecule has 0 fully saturated rings. The Hall–Kier alpha value is -0.900. The predicted molar refractivity (Wildman–Crippen MR) is 78.5 cm³/mol. The van der Waals surface area contributed by atoms with Crippen molar-refractivity contribution >= 4 is 45.1 Å². The number of halogens is 4. The molecule has 118 valence electrons. The summed E-state index contributed by atoms with van der Waals surface area (Å²) in [5.41, 5.74) is 0.639. The van der Waals surface area contributed by atoms with Crippen LogP contribution in [0.4, 0.5) is 13.2 Å². The monoisotopic (exact) mass is 360 g/mol. The van der Waals surface area contributed by atoms with Crippen molar-refractivity contribution in [1.82, 2.24) is 4.57 Å². The fourth-order valence-corrected chi connectivity index (χ4v) is 3.11. The van der Waals surface area contributed by atoms with Gasteiger partial charge in [-0.2, -0.15) is 0 Å². The van der Waals surface area contributed by atoms with Gasteiger partial charge in [-0.1, -0.05) is 22.5 Å². The first-order valence-electron chi connectivity index (χ1n) is 5.50. The Morgan fingerprint density at radius 1 is 1.43 bits per heavy atom. The van der Waals surface area contributed by atoms with Crippen molar-refractivity contribution in [2.75, 3.05) is 12.0 Å². The molecule has 0 saturated heterocycles. The summed E-state index contributed by atoms with van der Waals surface area (Å²) in [5.74, 6) is 0.0841. The Kier molecular flexibility index (Phi) is 5.97. The van der Waals surface area contributed by atoms with Gasteiger partial charge in [-0.05, 0) is 18.2 Å². The number of ether oxygens (including phenoxy) is 1. The second kappa shape index (κ2) is 6.91. The maximum absolute atomic E-state index is 12.1. The van der Waals surface area contributed by atoms with Gasteiger partial charge >= 0.3 is 6.36 Å². The molecular weight excluding hydrogens is 349 g/mol. The van der Waals surface area contributed by atoms with Crippen LogP contribution in [0.2, 0.25) is 0 Å². The summed E-state index contributed by atoms with van der Waals surface area (Å²) < 4.78 is 53.5. The summed E-state index contributed by atoms with van der Waals surface area (Å²) in [6, 6.07) is 3.94. The van der Waals surface area contributed by atoms with Gasteiger partial charge < -0.3 is 13.9 Å². The number of nitrogens with zero attached hydrogens (tertiary/aromatic N) is 1. The van der Waals surface area contributed by atoms with Gasteiger partial charge in [-0.15, -0.1) is 25.6 Å². The SMILES string of the molecule is C[S+]([O-])CCn1c(=N)sc2cc(OC(F)(F)F)ccc21.Cl. The Labute approximate surface area is 131 Å². The number of benzene rings is 1. The van der Waals surface area contributed by atoms with Gasteiger partial charge in [0.15, 0.2) is 4.80 Å². The standard InChI is InChI=1S/C11H11F3N2O2S2.ClH/c1-20(17)5-4-16-8-3-2-7(18-11(12,13)14)6-9(8)19-10(16)15;/h2-3,6,15H,4-5H2,1H3;1H. The molecule has 2 aromatic rings. The van der Waals surface area contributed by atoms with E-state index in [4.69, 9.17) is 5.41 Å². The smallest absolute Gasteiger partial charge is 0.573 e. The van der Waals surface area contributed by atoms with Gasteiger partial charge in [-0.3, -0.25) is 5.41 Å². The van der Waals surface area contributed by atoms with Gasteiger partial charge in [0.25, 0.3) is 0 Å². The molecule has 1 heterocycles. The lowest BCUT2D eigenvalue weighted by atomic mass is 10.3. The summed E-state index contributed by atoms with van der Waals surface area (Å²) in [7, 11) is 0. The third kappa shape index (κ3) is 4.80. The van der Waals surface area contributed by atoms with E-state index in [0.29, 0.717) is 22.5 Å². The second-order valence-corrected chi connectivity index (χ2v) is 6.60. The minimum atomic E-state index is -4.73. The van der Waals surface area contributed by atoms with Crippen LogP contribution in [-0.4, -0.2) is 27.5 Å². The molecule has 0 aliphatic heterocycles. The Balaban J connectivity index is 0.00000220. The highest BCUT2D eigenvalue weighted by atomic mass is 35.5. The van der Waals surface area contributed by atoms with Crippen LogP contribution in [0.3, 0.4) is 0 Å². The number of thiazole rings is 1. The van der Waals surface area contributed by atoms with Crippen LogP contribution in [0.25, 0.3) is 10.2 Å². The molecule has 1 atom stereocenters. The van der Waals surface area contributed by atoms with Crippen LogP contribution >= 0.6 is 23.7 Å². The fourth-order valence-electron chi connectivity index (χ4n) is 1.71. The molecule has 4 nitrogen and oxygen atoms in total. The summed E-state index contributed by atoms with van der Waals surface area (Å²) in [5, 5.41) is 7.81. The van der Waals surface area contributed by atoms with Crippen LogP contribution < -0.4 is 9.54 Å². The highest BCUT2D eigenvalue weighted by Gasteiger charge is 2.31. The van der Waals surface area contributed by atoms with E-state index in [1.165, 1.54) is 18.2 Å².